The summed E-state index contributed by atoms with van der Waals surface area (Å²) in [5.74, 6) is 1.01. The van der Waals surface area contributed by atoms with Crippen molar-refractivity contribution in [1.29, 1.82) is 0 Å². The van der Waals surface area contributed by atoms with Crippen molar-refractivity contribution in [3.05, 3.63) is 30.6 Å². The number of nitrogens with one attached hydrogen (secondary N) is 1. The van der Waals surface area contributed by atoms with E-state index in [1.54, 1.807) is 40.9 Å². The fourth-order valence-corrected chi connectivity index (χ4v) is 7.62. The summed E-state index contributed by atoms with van der Waals surface area (Å²) in [6.45, 7) is 1.36. The third-order valence-corrected chi connectivity index (χ3v) is 10.0. The summed E-state index contributed by atoms with van der Waals surface area (Å²) >= 11 is 0. The van der Waals surface area contributed by atoms with Crippen molar-refractivity contribution < 1.29 is 22.7 Å². The van der Waals surface area contributed by atoms with E-state index in [9.17, 15) is 13.2 Å². The van der Waals surface area contributed by atoms with Crippen molar-refractivity contribution in [1.82, 2.24) is 19.6 Å². The van der Waals surface area contributed by atoms with E-state index in [2.05, 4.69) is 15.5 Å². The number of aryl methyl sites for hydroxylation is 1. The summed E-state index contributed by atoms with van der Waals surface area (Å²) in [6.07, 6.45) is 7.05. The molecule has 0 spiro atoms. The van der Waals surface area contributed by atoms with Crippen LogP contribution in [0.2, 0.25) is 0 Å². The number of benzene rings is 1. The van der Waals surface area contributed by atoms with Gasteiger partial charge < -0.3 is 14.8 Å². The van der Waals surface area contributed by atoms with Gasteiger partial charge in [0.25, 0.3) is 5.91 Å². The number of amides is 1. The predicted octanol–water partition coefficient (Wildman–Crippen LogP) is 2.50. The monoisotopic (exact) mass is 499 g/mol. The molecule has 0 radical (unpaired) electrons. The molecule has 1 saturated heterocycles. The Hall–Kier alpha value is -2.92. The molecule has 10 nitrogen and oxygen atoms in total. The van der Waals surface area contributed by atoms with Gasteiger partial charge in [0.2, 0.25) is 0 Å². The smallest absolute Gasteiger partial charge is 0.253 e. The van der Waals surface area contributed by atoms with Crippen LogP contribution in [0.25, 0.3) is 10.9 Å². The molecule has 3 fully saturated rings. The van der Waals surface area contributed by atoms with Gasteiger partial charge in [0, 0.05) is 37.9 Å². The van der Waals surface area contributed by atoms with Gasteiger partial charge in [0.1, 0.15) is 16.2 Å². The van der Waals surface area contributed by atoms with Crippen LogP contribution < -0.4 is 10.1 Å². The van der Waals surface area contributed by atoms with Crippen molar-refractivity contribution in [2.75, 3.05) is 25.6 Å². The van der Waals surface area contributed by atoms with Crippen LogP contribution in [0.4, 0.5) is 5.82 Å². The molecular formula is C24H29N5O5S. The van der Waals surface area contributed by atoms with Crippen LogP contribution >= 0.6 is 0 Å². The third-order valence-electron chi connectivity index (χ3n) is 7.68. The molecule has 3 aromatic rings. The number of hydrogen-bond acceptors (Lipinski definition) is 7. The van der Waals surface area contributed by atoms with Gasteiger partial charge in [0.15, 0.2) is 15.7 Å². The van der Waals surface area contributed by atoms with Crippen LogP contribution in [0.5, 0.6) is 5.75 Å². The van der Waals surface area contributed by atoms with E-state index < -0.39 is 15.4 Å². The molecule has 1 N–H and O–H groups in total. The maximum Gasteiger partial charge on any atom is 0.253 e. The minimum Gasteiger partial charge on any atom is -0.495 e. The molecule has 0 bridgehead atoms. The highest BCUT2D eigenvalue weighted by Gasteiger charge is 2.65. The van der Waals surface area contributed by atoms with Crippen molar-refractivity contribution in [2.45, 2.75) is 47.8 Å². The lowest BCUT2D eigenvalue weighted by atomic mass is 9.91. The zero-order chi connectivity index (χ0) is 24.4. The molecule has 3 aliphatic rings. The number of ether oxygens (including phenoxy) is 2. The number of anilines is 1. The van der Waals surface area contributed by atoms with Crippen molar-refractivity contribution in [3.8, 4) is 5.75 Å². The van der Waals surface area contributed by atoms with Gasteiger partial charge in [-0.05, 0) is 56.1 Å². The Morgan fingerprint density at radius 3 is 2.63 bits per heavy atom. The van der Waals surface area contributed by atoms with Gasteiger partial charge in [-0.2, -0.15) is 10.2 Å². The third kappa shape index (κ3) is 3.55. The molecule has 186 valence electrons. The zero-order valence-corrected chi connectivity index (χ0v) is 20.6. The molecule has 6 rings (SSSR count). The van der Waals surface area contributed by atoms with E-state index in [1.807, 2.05) is 6.07 Å². The van der Waals surface area contributed by atoms with E-state index in [0.717, 1.165) is 12.8 Å². The first-order chi connectivity index (χ1) is 16.9. The summed E-state index contributed by atoms with van der Waals surface area (Å²) < 4.78 is 41.0. The van der Waals surface area contributed by atoms with E-state index in [1.165, 1.54) is 7.11 Å². The number of hydrogen-bond donors (Lipinski definition) is 1. The number of nitrogens with zero attached hydrogens (tertiary/aromatic N) is 4. The predicted molar refractivity (Wildman–Crippen MR) is 128 cm³/mol. The van der Waals surface area contributed by atoms with Crippen LogP contribution in [-0.2, 0) is 32.0 Å². The standard InChI is InChI=1S/C24H29N5O5S/c1-28-10-7-21(27-28)26-23(30)24(13-18(24)15-8-11-34-12-9-15)29-19-5-6-20(33-2)22(17(19)14-25-29)35(31,32)16-3-4-16/h5-7,10,14-16,18H,3-4,8-9,11-13H2,1-2H3,(H,26,27,30)/t18-,24?/m0/s1. The van der Waals surface area contributed by atoms with Crippen LogP contribution in [-0.4, -0.2) is 59.5 Å². The topological polar surface area (TPSA) is 117 Å². The van der Waals surface area contributed by atoms with Gasteiger partial charge in [-0.3, -0.25) is 9.48 Å². The minimum atomic E-state index is -3.56. The first kappa shape index (κ1) is 22.5. The number of aromatic nitrogens is 4. The van der Waals surface area contributed by atoms with Gasteiger partial charge in [-0.25, -0.2) is 13.1 Å². The Morgan fingerprint density at radius 2 is 1.97 bits per heavy atom. The van der Waals surface area contributed by atoms with E-state index in [4.69, 9.17) is 9.47 Å². The average molecular weight is 500 g/mol. The van der Waals surface area contributed by atoms with Crippen LogP contribution in [0.1, 0.15) is 32.1 Å². The Bertz CT molecular complexity index is 1400. The Balaban J connectivity index is 1.47. The molecule has 11 heteroatoms. The molecule has 1 unspecified atom stereocenters. The second kappa shape index (κ2) is 8.06. The normalized spacial score (nSPS) is 25.0. The van der Waals surface area contributed by atoms with Gasteiger partial charge in [-0.15, -0.1) is 0 Å². The van der Waals surface area contributed by atoms with Crippen molar-refractivity contribution in [2.24, 2.45) is 18.9 Å². The summed E-state index contributed by atoms with van der Waals surface area (Å²) in [5.41, 5.74) is -0.299. The fraction of sp³-hybridized carbons (Fsp3) is 0.542. The van der Waals surface area contributed by atoms with Crippen LogP contribution in [0.3, 0.4) is 0 Å². The zero-order valence-electron chi connectivity index (χ0n) is 19.8. The minimum absolute atomic E-state index is 0.0730. The van der Waals surface area contributed by atoms with Crippen molar-refractivity contribution in [3.63, 3.8) is 0 Å². The molecule has 2 aromatic heterocycles. The van der Waals surface area contributed by atoms with Gasteiger partial charge in [-0.1, -0.05) is 0 Å². The van der Waals surface area contributed by atoms with E-state index in [0.29, 0.717) is 60.9 Å². The average Bonchev–Trinajstić information content (AvgIpc) is 3.77. The fourth-order valence-electron chi connectivity index (χ4n) is 5.63. The molecule has 1 aliphatic heterocycles. The molecule has 35 heavy (non-hydrogen) atoms. The summed E-state index contributed by atoms with van der Waals surface area (Å²) in [7, 11) is -0.286. The molecule has 1 amide bonds. The number of methoxy groups -OCH3 is 1. The number of sulfone groups is 1. The highest BCUT2D eigenvalue weighted by atomic mass is 32.2. The second-order valence-corrected chi connectivity index (χ2v) is 12.0. The van der Waals surface area contributed by atoms with E-state index in [-0.39, 0.29) is 22.0 Å². The number of fused-ring (bicyclic) bond motifs is 1. The molecule has 2 aliphatic carbocycles. The SMILES string of the molecule is COc1ccc2c(cnn2C2(C(=O)Nc3ccn(C)n3)C[C@H]2C2CCOCC2)c1S(=O)(=O)C1CC1. The molecule has 2 atom stereocenters. The lowest BCUT2D eigenvalue weighted by Crippen LogP contribution is -2.38. The first-order valence-corrected chi connectivity index (χ1v) is 13.6. The number of rotatable bonds is 7. The highest BCUT2D eigenvalue weighted by Crippen LogP contribution is 2.58. The van der Waals surface area contributed by atoms with Crippen LogP contribution in [0.15, 0.2) is 35.5 Å². The Kier molecular flexibility index (Phi) is 5.19. The lowest BCUT2D eigenvalue weighted by Gasteiger charge is -2.26. The highest BCUT2D eigenvalue weighted by molar-refractivity contribution is 7.92. The van der Waals surface area contributed by atoms with Crippen LogP contribution in [0, 0.1) is 11.8 Å². The van der Waals surface area contributed by atoms with Gasteiger partial charge in [0.05, 0.1) is 24.1 Å². The quantitative estimate of drug-likeness (QED) is 0.531. The van der Waals surface area contributed by atoms with E-state index >= 15 is 0 Å². The summed E-state index contributed by atoms with van der Waals surface area (Å²) in [5, 5.41) is 12.0. The summed E-state index contributed by atoms with van der Waals surface area (Å²) in [6, 6.07) is 5.23. The number of carbonyl (C=O) groups is 1. The molecular weight excluding hydrogens is 470 g/mol. The van der Waals surface area contributed by atoms with Crippen molar-refractivity contribution >= 4 is 32.5 Å². The largest absolute Gasteiger partial charge is 0.495 e. The first-order valence-electron chi connectivity index (χ1n) is 12.0. The summed E-state index contributed by atoms with van der Waals surface area (Å²) in [4.78, 5) is 14.0. The molecule has 1 aromatic carbocycles. The maximum absolute atomic E-state index is 13.8. The number of carbonyl (C=O) groups excluding carboxylic acids is 1. The molecule has 3 heterocycles. The lowest BCUT2D eigenvalue weighted by molar-refractivity contribution is -0.121. The van der Waals surface area contributed by atoms with Gasteiger partial charge >= 0.3 is 0 Å². The second-order valence-electron chi connectivity index (χ2n) is 9.84. The Morgan fingerprint density at radius 1 is 1.20 bits per heavy atom. The maximum atomic E-state index is 13.8. The molecule has 2 saturated carbocycles. The Labute approximate surface area is 203 Å².